The molecule has 0 fully saturated rings. The zero-order valence-electron chi connectivity index (χ0n) is 12.1. The minimum atomic E-state index is -0.442. The first kappa shape index (κ1) is 14.9. The summed E-state index contributed by atoms with van der Waals surface area (Å²) in [5, 5.41) is 2.80. The number of allylic oxidation sites excluding steroid dienone is 1. The van der Waals surface area contributed by atoms with Crippen LogP contribution in [0, 0.1) is 0 Å². The maximum Gasteiger partial charge on any atom is 0.411 e. The summed E-state index contributed by atoms with van der Waals surface area (Å²) in [6.07, 6.45) is 2.37. The maximum absolute atomic E-state index is 11.9. The molecule has 0 bridgehead atoms. The molecule has 2 aromatic rings. The summed E-state index contributed by atoms with van der Waals surface area (Å²) >= 11 is 0. The fourth-order valence-corrected chi connectivity index (χ4v) is 1.93. The minimum Gasteiger partial charge on any atom is -0.444 e. The minimum absolute atomic E-state index is 0.265. The number of rotatable bonds is 5. The number of nitrogens with one attached hydrogen (secondary N) is 1. The second kappa shape index (κ2) is 7.90. The highest BCUT2D eigenvalue weighted by atomic mass is 16.5. The lowest BCUT2D eigenvalue weighted by Crippen LogP contribution is -2.22. The molecule has 0 unspecified atom stereocenters. The van der Waals surface area contributed by atoms with Crippen molar-refractivity contribution in [3.05, 3.63) is 77.9 Å². The molecule has 3 heteroatoms. The third-order valence-corrected chi connectivity index (χ3v) is 2.94. The molecular formula is C18H19NO2. The van der Waals surface area contributed by atoms with Crippen molar-refractivity contribution in [2.45, 2.75) is 20.0 Å². The van der Waals surface area contributed by atoms with Gasteiger partial charge in [0.15, 0.2) is 0 Å². The SMILES string of the molecule is CCC=C(NC(=O)OCc1ccccc1)c1ccccc1. The van der Waals surface area contributed by atoms with Gasteiger partial charge < -0.3 is 4.74 Å². The molecular weight excluding hydrogens is 262 g/mol. The van der Waals surface area contributed by atoms with Crippen LogP contribution in [0.1, 0.15) is 24.5 Å². The zero-order chi connectivity index (χ0) is 14.9. The van der Waals surface area contributed by atoms with Crippen LogP contribution in [-0.2, 0) is 11.3 Å². The van der Waals surface area contributed by atoms with Gasteiger partial charge >= 0.3 is 6.09 Å². The molecule has 0 radical (unpaired) electrons. The molecule has 1 N–H and O–H groups in total. The third-order valence-electron chi connectivity index (χ3n) is 2.94. The van der Waals surface area contributed by atoms with Crippen LogP contribution in [0.5, 0.6) is 0 Å². The van der Waals surface area contributed by atoms with Crippen LogP contribution < -0.4 is 5.32 Å². The predicted molar refractivity (Wildman–Crippen MR) is 84.5 cm³/mol. The first-order valence-corrected chi connectivity index (χ1v) is 7.03. The van der Waals surface area contributed by atoms with Crippen LogP contribution in [0.3, 0.4) is 0 Å². The Kier molecular flexibility index (Phi) is 5.59. The molecule has 0 spiro atoms. The second-order valence-corrected chi connectivity index (χ2v) is 4.58. The van der Waals surface area contributed by atoms with E-state index < -0.39 is 6.09 Å². The van der Waals surface area contributed by atoms with Gasteiger partial charge in [0.05, 0.1) is 0 Å². The van der Waals surface area contributed by atoms with E-state index in [1.54, 1.807) is 0 Å². The second-order valence-electron chi connectivity index (χ2n) is 4.58. The summed E-state index contributed by atoms with van der Waals surface area (Å²) in [4.78, 5) is 11.9. The van der Waals surface area contributed by atoms with Gasteiger partial charge in [-0.25, -0.2) is 4.79 Å². The number of carbonyl (C=O) groups excluding carboxylic acids is 1. The van der Waals surface area contributed by atoms with E-state index in [9.17, 15) is 4.79 Å². The molecule has 0 saturated heterocycles. The van der Waals surface area contributed by atoms with Gasteiger partial charge in [0.2, 0.25) is 0 Å². The topological polar surface area (TPSA) is 38.3 Å². The number of amides is 1. The van der Waals surface area contributed by atoms with Crippen molar-refractivity contribution < 1.29 is 9.53 Å². The molecule has 0 heterocycles. The first-order chi connectivity index (χ1) is 10.3. The molecule has 0 aliphatic rings. The Labute approximate surface area is 125 Å². The monoisotopic (exact) mass is 281 g/mol. The highest BCUT2D eigenvalue weighted by Crippen LogP contribution is 2.12. The number of alkyl carbamates (subject to hydrolysis) is 1. The van der Waals surface area contributed by atoms with E-state index in [1.165, 1.54) is 0 Å². The summed E-state index contributed by atoms with van der Waals surface area (Å²) in [6.45, 7) is 2.29. The fraction of sp³-hybridized carbons (Fsp3) is 0.167. The maximum atomic E-state index is 11.9. The van der Waals surface area contributed by atoms with Gasteiger partial charge in [-0.1, -0.05) is 73.7 Å². The lowest BCUT2D eigenvalue weighted by Gasteiger charge is -2.11. The fourth-order valence-electron chi connectivity index (χ4n) is 1.93. The lowest BCUT2D eigenvalue weighted by molar-refractivity contribution is 0.144. The summed E-state index contributed by atoms with van der Waals surface area (Å²) < 4.78 is 5.24. The Bertz CT molecular complexity index is 591. The molecule has 2 rings (SSSR count). The molecule has 0 aromatic heterocycles. The Morgan fingerprint density at radius 1 is 1.05 bits per heavy atom. The Balaban J connectivity index is 1.95. The molecule has 3 nitrogen and oxygen atoms in total. The molecule has 2 aromatic carbocycles. The zero-order valence-corrected chi connectivity index (χ0v) is 12.1. The van der Waals surface area contributed by atoms with Crippen molar-refractivity contribution in [1.29, 1.82) is 0 Å². The number of hydrogen-bond acceptors (Lipinski definition) is 2. The van der Waals surface area contributed by atoms with Crippen molar-refractivity contribution >= 4 is 11.8 Å². The smallest absolute Gasteiger partial charge is 0.411 e. The van der Waals surface area contributed by atoms with Crippen molar-refractivity contribution in [3.63, 3.8) is 0 Å². The summed E-state index contributed by atoms with van der Waals surface area (Å²) in [7, 11) is 0. The first-order valence-electron chi connectivity index (χ1n) is 7.03. The van der Waals surface area contributed by atoms with Crippen LogP contribution in [0.4, 0.5) is 4.79 Å². The van der Waals surface area contributed by atoms with Gasteiger partial charge in [-0.3, -0.25) is 5.32 Å². The van der Waals surface area contributed by atoms with Crippen LogP contribution in [0.2, 0.25) is 0 Å². The molecule has 0 aliphatic carbocycles. The molecule has 21 heavy (non-hydrogen) atoms. The molecule has 0 saturated carbocycles. The average Bonchev–Trinajstić information content (AvgIpc) is 2.54. The van der Waals surface area contributed by atoms with Crippen molar-refractivity contribution in [2.75, 3.05) is 0 Å². The van der Waals surface area contributed by atoms with E-state index in [-0.39, 0.29) is 6.61 Å². The highest BCUT2D eigenvalue weighted by Gasteiger charge is 2.07. The molecule has 0 atom stereocenters. The van der Waals surface area contributed by atoms with E-state index >= 15 is 0 Å². The van der Waals surface area contributed by atoms with E-state index in [1.807, 2.05) is 73.7 Å². The van der Waals surface area contributed by atoms with Crippen LogP contribution in [0.25, 0.3) is 5.70 Å². The van der Waals surface area contributed by atoms with Gasteiger partial charge in [-0.2, -0.15) is 0 Å². The van der Waals surface area contributed by atoms with Crippen LogP contribution in [-0.4, -0.2) is 6.09 Å². The van der Waals surface area contributed by atoms with E-state index in [2.05, 4.69) is 5.32 Å². The van der Waals surface area contributed by atoms with Gasteiger partial charge in [-0.05, 0) is 17.5 Å². The Morgan fingerprint density at radius 3 is 2.29 bits per heavy atom. The average molecular weight is 281 g/mol. The Morgan fingerprint density at radius 2 is 1.67 bits per heavy atom. The van der Waals surface area contributed by atoms with E-state index in [0.717, 1.165) is 23.2 Å². The van der Waals surface area contributed by atoms with Gasteiger partial charge in [0.25, 0.3) is 0 Å². The number of benzene rings is 2. The Hall–Kier alpha value is -2.55. The molecule has 108 valence electrons. The summed E-state index contributed by atoms with van der Waals surface area (Å²) in [5.41, 5.74) is 2.71. The standard InChI is InChI=1S/C18H19NO2/c1-2-9-17(16-12-7-4-8-13-16)19-18(20)21-14-15-10-5-3-6-11-15/h3-13H,2,14H2,1H3,(H,19,20). The largest absolute Gasteiger partial charge is 0.444 e. The third kappa shape index (κ3) is 4.80. The normalized spacial score (nSPS) is 11.0. The summed E-state index contributed by atoms with van der Waals surface area (Å²) in [6, 6.07) is 19.4. The van der Waals surface area contributed by atoms with Gasteiger partial charge in [0, 0.05) is 5.70 Å². The number of hydrogen-bond donors (Lipinski definition) is 1. The highest BCUT2D eigenvalue weighted by molar-refractivity contribution is 5.81. The van der Waals surface area contributed by atoms with Gasteiger partial charge in [-0.15, -0.1) is 0 Å². The van der Waals surface area contributed by atoms with Gasteiger partial charge in [0.1, 0.15) is 6.61 Å². The van der Waals surface area contributed by atoms with Crippen LogP contribution >= 0.6 is 0 Å². The van der Waals surface area contributed by atoms with Crippen molar-refractivity contribution in [3.8, 4) is 0 Å². The number of carbonyl (C=O) groups is 1. The van der Waals surface area contributed by atoms with E-state index in [4.69, 9.17) is 4.74 Å². The van der Waals surface area contributed by atoms with E-state index in [0.29, 0.717) is 0 Å². The van der Waals surface area contributed by atoms with Crippen molar-refractivity contribution in [1.82, 2.24) is 5.32 Å². The van der Waals surface area contributed by atoms with Crippen molar-refractivity contribution in [2.24, 2.45) is 0 Å². The molecule has 0 aliphatic heterocycles. The lowest BCUT2D eigenvalue weighted by atomic mass is 10.1. The predicted octanol–water partition coefficient (Wildman–Crippen LogP) is 4.36. The quantitative estimate of drug-likeness (QED) is 0.884. The van der Waals surface area contributed by atoms with Crippen LogP contribution in [0.15, 0.2) is 66.7 Å². The molecule has 1 amide bonds. The summed E-state index contributed by atoms with van der Waals surface area (Å²) in [5.74, 6) is 0. The number of ether oxygens (including phenoxy) is 1.